The zero-order chi connectivity index (χ0) is 16.9. The van der Waals surface area contributed by atoms with Crippen LogP contribution in [-0.4, -0.2) is 23.0 Å². The number of anilines is 1. The van der Waals surface area contributed by atoms with Crippen LogP contribution in [0, 0.1) is 0 Å². The first-order valence-electron chi connectivity index (χ1n) is 7.55. The lowest BCUT2D eigenvalue weighted by Crippen LogP contribution is -2.30. The van der Waals surface area contributed by atoms with Gasteiger partial charge in [0.25, 0.3) is 5.91 Å². The maximum Gasteiger partial charge on any atom is 0.339 e. The van der Waals surface area contributed by atoms with E-state index in [0.29, 0.717) is 11.3 Å². The second-order valence-electron chi connectivity index (χ2n) is 5.30. The van der Waals surface area contributed by atoms with Crippen molar-refractivity contribution >= 4 is 28.3 Å². The first-order valence-corrected chi connectivity index (χ1v) is 7.55. The number of aromatic nitrogens is 1. The Morgan fingerprint density at radius 3 is 2.50 bits per heavy atom. The molecule has 1 aromatic heterocycles. The molecule has 0 aliphatic rings. The predicted octanol–water partition coefficient (Wildman–Crippen LogP) is 3.42. The number of rotatable bonds is 4. The van der Waals surface area contributed by atoms with Gasteiger partial charge in [0, 0.05) is 23.5 Å². The first-order chi connectivity index (χ1) is 11.6. The van der Waals surface area contributed by atoms with Crippen molar-refractivity contribution in [1.29, 1.82) is 0 Å². The lowest BCUT2D eigenvalue weighted by Gasteiger charge is -2.14. The van der Waals surface area contributed by atoms with Crippen LogP contribution < -0.4 is 5.32 Å². The topological polar surface area (TPSA) is 68.3 Å². The van der Waals surface area contributed by atoms with Gasteiger partial charge in [-0.2, -0.15) is 0 Å². The molecule has 0 spiro atoms. The van der Waals surface area contributed by atoms with Crippen molar-refractivity contribution in [3.05, 3.63) is 72.6 Å². The number of amides is 1. The Hall–Kier alpha value is -3.21. The summed E-state index contributed by atoms with van der Waals surface area (Å²) in [6.45, 7) is 1.54. The van der Waals surface area contributed by atoms with Gasteiger partial charge in [-0.25, -0.2) is 4.79 Å². The number of nitrogens with zero attached hydrogens (tertiary/aromatic N) is 1. The van der Waals surface area contributed by atoms with Gasteiger partial charge in [0.1, 0.15) is 0 Å². The number of carbonyl (C=O) groups is 2. The van der Waals surface area contributed by atoms with E-state index in [9.17, 15) is 9.59 Å². The van der Waals surface area contributed by atoms with E-state index in [1.165, 1.54) is 24.5 Å². The number of ether oxygens (including phenoxy) is 1. The average molecular weight is 320 g/mol. The molecule has 5 nitrogen and oxygen atoms in total. The van der Waals surface area contributed by atoms with E-state index in [-0.39, 0.29) is 5.91 Å². The Morgan fingerprint density at radius 1 is 1.00 bits per heavy atom. The fourth-order valence-corrected chi connectivity index (χ4v) is 2.34. The number of pyridine rings is 1. The van der Waals surface area contributed by atoms with Crippen LogP contribution in [0.3, 0.4) is 0 Å². The molecule has 0 aliphatic carbocycles. The van der Waals surface area contributed by atoms with Gasteiger partial charge in [0.15, 0.2) is 6.10 Å². The zero-order valence-electron chi connectivity index (χ0n) is 13.1. The van der Waals surface area contributed by atoms with E-state index in [2.05, 4.69) is 10.3 Å². The van der Waals surface area contributed by atoms with Crippen molar-refractivity contribution in [2.24, 2.45) is 0 Å². The van der Waals surface area contributed by atoms with Crippen molar-refractivity contribution in [3.63, 3.8) is 0 Å². The molecule has 0 bridgehead atoms. The molecular formula is C19H16N2O3. The van der Waals surface area contributed by atoms with Gasteiger partial charge in [-0.3, -0.25) is 9.78 Å². The summed E-state index contributed by atoms with van der Waals surface area (Å²) in [6, 6.07) is 16.5. The molecule has 2 aromatic carbocycles. The fourth-order valence-electron chi connectivity index (χ4n) is 2.34. The van der Waals surface area contributed by atoms with Crippen LogP contribution in [0.15, 0.2) is 67.0 Å². The lowest BCUT2D eigenvalue weighted by atomic mass is 10.1. The van der Waals surface area contributed by atoms with Crippen molar-refractivity contribution in [2.45, 2.75) is 13.0 Å². The molecule has 1 N–H and O–H groups in total. The molecular weight excluding hydrogens is 304 g/mol. The minimum atomic E-state index is -0.912. The van der Waals surface area contributed by atoms with Crippen molar-refractivity contribution in [2.75, 3.05) is 5.32 Å². The van der Waals surface area contributed by atoms with Gasteiger partial charge in [-0.15, -0.1) is 0 Å². The summed E-state index contributed by atoms with van der Waals surface area (Å²) in [4.78, 5) is 28.2. The Balaban J connectivity index is 1.71. The van der Waals surface area contributed by atoms with Gasteiger partial charge in [-0.05, 0) is 30.5 Å². The Morgan fingerprint density at radius 2 is 1.71 bits per heavy atom. The second kappa shape index (κ2) is 6.91. The zero-order valence-corrected chi connectivity index (χ0v) is 13.1. The SMILES string of the molecule is C[C@H](OC(=O)c1ccncc1)C(=O)Nc1cccc2ccccc12. The maximum atomic E-state index is 12.3. The van der Waals surface area contributed by atoms with Gasteiger partial charge in [-0.1, -0.05) is 36.4 Å². The smallest absolute Gasteiger partial charge is 0.339 e. The number of benzene rings is 2. The predicted molar refractivity (Wildman–Crippen MR) is 91.7 cm³/mol. The van der Waals surface area contributed by atoms with Gasteiger partial charge in [0.05, 0.1) is 5.56 Å². The number of hydrogen-bond acceptors (Lipinski definition) is 4. The highest BCUT2D eigenvalue weighted by Crippen LogP contribution is 2.23. The van der Waals surface area contributed by atoms with Crippen molar-refractivity contribution in [1.82, 2.24) is 4.98 Å². The van der Waals surface area contributed by atoms with Crippen LogP contribution in [-0.2, 0) is 9.53 Å². The summed E-state index contributed by atoms with van der Waals surface area (Å²) in [7, 11) is 0. The van der Waals surface area contributed by atoms with E-state index in [0.717, 1.165) is 10.8 Å². The molecule has 5 heteroatoms. The number of fused-ring (bicyclic) bond motifs is 1. The quantitative estimate of drug-likeness (QED) is 0.748. The van der Waals surface area contributed by atoms with Crippen LogP contribution in [0.5, 0.6) is 0 Å². The molecule has 1 heterocycles. The summed E-state index contributed by atoms with van der Waals surface area (Å²) in [5.41, 5.74) is 1.04. The van der Waals surface area contributed by atoms with Gasteiger partial charge in [0.2, 0.25) is 0 Å². The van der Waals surface area contributed by atoms with Gasteiger partial charge < -0.3 is 10.1 Å². The van der Waals surface area contributed by atoms with Crippen LogP contribution in [0.25, 0.3) is 10.8 Å². The number of carbonyl (C=O) groups excluding carboxylic acids is 2. The van der Waals surface area contributed by atoms with E-state index in [1.54, 1.807) is 6.92 Å². The van der Waals surface area contributed by atoms with E-state index in [1.807, 2.05) is 42.5 Å². The standard InChI is InChI=1S/C19H16N2O3/c1-13(24-19(23)15-9-11-20-12-10-15)18(22)21-17-8-4-6-14-5-2-3-7-16(14)17/h2-13H,1H3,(H,21,22)/t13-/m0/s1. The minimum absolute atomic E-state index is 0.356. The molecule has 1 atom stereocenters. The largest absolute Gasteiger partial charge is 0.449 e. The Bertz CT molecular complexity index is 873. The Kier molecular flexibility index (Phi) is 4.52. The average Bonchev–Trinajstić information content (AvgIpc) is 2.62. The molecule has 0 saturated heterocycles. The fraction of sp³-hybridized carbons (Fsp3) is 0.105. The van der Waals surface area contributed by atoms with Crippen molar-refractivity contribution < 1.29 is 14.3 Å². The minimum Gasteiger partial charge on any atom is -0.449 e. The number of hydrogen-bond donors (Lipinski definition) is 1. The monoisotopic (exact) mass is 320 g/mol. The molecule has 24 heavy (non-hydrogen) atoms. The first kappa shape index (κ1) is 15.7. The normalized spacial score (nSPS) is 11.7. The molecule has 0 saturated carbocycles. The molecule has 3 aromatic rings. The molecule has 3 rings (SSSR count). The van der Waals surface area contributed by atoms with E-state index < -0.39 is 12.1 Å². The molecule has 1 amide bonds. The third-order valence-corrected chi connectivity index (χ3v) is 3.62. The highest BCUT2D eigenvalue weighted by atomic mass is 16.5. The summed E-state index contributed by atoms with van der Waals surface area (Å²) < 4.78 is 5.20. The van der Waals surface area contributed by atoms with Crippen LogP contribution in [0.1, 0.15) is 17.3 Å². The molecule has 0 fully saturated rings. The van der Waals surface area contributed by atoms with E-state index in [4.69, 9.17) is 4.74 Å². The van der Waals surface area contributed by atoms with E-state index >= 15 is 0 Å². The third kappa shape index (κ3) is 3.41. The summed E-state index contributed by atoms with van der Waals surface area (Å²) in [5, 5.41) is 4.77. The van der Waals surface area contributed by atoms with Crippen molar-refractivity contribution in [3.8, 4) is 0 Å². The molecule has 0 unspecified atom stereocenters. The summed E-state index contributed by atoms with van der Waals surface area (Å²) in [5.74, 6) is -0.938. The number of nitrogens with one attached hydrogen (secondary N) is 1. The highest BCUT2D eigenvalue weighted by molar-refractivity contribution is 6.04. The highest BCUT2D eigenvalue weighted by Gasteiger charge is 2.19. The summed E-state index contributed by atoms with van der Waals surface area (Å²) in [6.07, 6.45) is 2.08. The lowest BCUT2D eigenvalue weighted by molar-refractivity contribution is -0.123. The molecule has 120 valence electrons. The van der Waals surface area contributed by atoms with Crippen LogP contribution >= 0.6 is 0 Å². The van der Waals surface area contributed by atoms with Gasteiger partial charge >= 0.3 is 5.97 Å². The summed E-state index contributed by atoms with van der Waals surface area (Å²) >= 11 is 0. The number of esters is 1. The second-order valence-corrected chi connectivity index (χ2v) is 5.30. The Labute approximate surface area is 139 Å². The van der Waals surface area contributed by atoms with Crippen LogP contribution in [0.2, 0.25) is 0 Å². The molecule has 0 aliphatic heterocycles. The third-order valence-electron chi connectivity index (χ3n) is 3.62. The van der Waals surface area contributed by atoms with Crippen LogP contribution in [0.4, 0.5) is 5.69 Å². The maximum absolute atomic E-state index is 12.3. The molecule has 0 radical (unpaired) electrons.